The third-order valence-electron chi connectivity index (χ3n) is 3.13. The van der Waals surface area contributed by atoms with Gasteiger partial charge in [-0.05, 0) is 17.3 Å². The molecule has 0 aromatic rings. The largest absolute Gasteiger partial charge is 0.229 e. The lowest BCUT2D eigenvalue weighted by molar-refractivity contribution is 0.127. The van der Waals surface area contributed by atoms with Crippen LogP contribution in [-0.4, -0.2) is 20.4 Å². The second-order valence-electron chi connectivity index (χ2n) is 5.51. The van der Waals surface area contributed by atoms with E-state index in [2.05, 4.69) is 34.6 Å². The van der Waals surface area contributed by atoms with Gasteiger partial charge in [0, 0.05) is 6.26 Å². The van der Waals surface area contributed by atoms with Gasteiger partial charge < -0.3 is 0 Å². The normalized spacial score (nSPS) is 14.6. The molecule has 0 rings (SSSR count). The van der Waals surface area contributed by atoms with Crippen LogP contribution in [0.2, 0.25) is 0 Å². The topological polar surface area (TPSA) is 34.1 Å². The monoisotopic (exact) mass is 206 g/mol. The minimum atomic E-state index is -2.82. The zero-order chi connectivity index (χ0) is 10.9. The fourth-order valence-corrected chi connectivity index (χ4v) is 1.70. The van der Waals surface area contributed by atoms with E-state index in [9.17, 15) is 8.42 Å². The Kier molecular flexibility index (Phi) is 3.59. The predicted molar refractivity (Wildman–Crippen MR) is 57.6 cm³/mol. The number of hydrogen-bond donors (Lipinski definition) is 0. The van der Waals surface area contributed by atoms with Crippen LogP contribution < -0.4 is 0 Å². The highest BCUT2D eigenvalue weighted by atomic mass is 32.2. The molecule has 0 aliphatic rings. The van der Waals surface area contributed by atoms with Crippen molar-refractivity contribution in [2.45, 2.75) is 41.0 Å². The Bertz CT molecular complexity index is 255. The SMILES string of the molecule is CC(C)(C)C(C)(C)CCS(C)(=O)=O. The first-order valence-corrected chi connectivity index (χ1v) is 6.69. The van der Waals surface area contributed by atoms with Crippen LogP contribution in [-0.2, 0) is 9.84 Å². The maximum absolute atomic E-state index is 11.0. The summed E-state index contributed by atoms with van der Waals surface area (Å²) >= 11 is 0. The molecule has 0 radical (unpaired) electrons. The molecule has 0 bridgehead atoms. The highest BCUT2D eigenvalue weighted by molar-refractivity contribution is 7.90. The zero-order valence-electron chi connectivity index (χ0n) is 9.64. The number of hydrogen-bond acceptors (Lipinski definition) is 2. The first-order chi connectivity index (χ1) is 5.46. The summed E-state index contributed by atoms with van der Waals surface area (Å²) in [7, 11) is -2.82. The molecule has 0 unspecified atom stereocenters. The van der Waals surface area contributed by atoms with Crippen molar-refractivity contribution < 1.29 is 8.42 Å². The molecular weight excluding hydrogens is 184 g/mol. The van der Waals surface area contributed by atoms with E-state index in [-0.39, 0.29) is 16.6 Å². The summed E-state index contributed by atoms with van der Waals surface area (Å²) in [5, 5.41) is 0. The first kappa shape index (κ1) is 12.9. The Labute approximate surface area is 82.6 Å². The van der Waals surface area contributed by atoms with Crippen molar-refractivity contribution in [1.29, 1.82) is 0 Å². The summed E-state index contributed by atoms with van der Waals surface area (Å²) in [6.07, 6.45) is 2.03. The summed E-state index contributed by atoms with van der Waals surface area (Å²) in [4.78, 5) is 0. The predicted octanol–water partition coefficient (Wildman–Crippen LogP) is 2.49. The van der Waals surface area contributed by atoms with E-state index in [4.69, 9.17) is 0 Å². The Hall–Kier alpha value is -0.0500. The van der Waals surface area contributed by atoms with Gasteiger partial charge in [-0.1, -0.05) is 34.6 Å². The second-order valence-corrected chi connectivity index (χ2v) is 7.77. The fraction of sp³-hybridized carbons (Fsp3) is 1.00. The fourth-order valence-electron chi connectivity index (χ4n) is 0.816. The molecule has 13 heavy (non-hydrogen) atoms. The standard InChI is InChI=1S/C10H22O2S/c1-9(2,3)10(4,5)7-8-13(6,11)12/h7-8H2,1-6H3. The van der Waals surface area contributed by atoms with Crippen molar-refractivity contribution in [2.24, 2.45) is 10.8 Å². The van der Waals surface area contributed by atoms with E-state index in [0.717, 1.165) is 6.42 Å². The highest BCUT2D eigenvalue weighted by Crippen LogP contribution is 2.40. The van der Waals surface area contributed by atoms with Gasteiger partial charge in [0.2, 0.25) is 0 Å². The average Bonchev–Trinajstić information content (AvgIpc) is 1.79. The lowest BCUT2D eigenvalue weighted by Crippen LogP contribution is -2.31. The minimum Gasteiger partial charge on any atom is -0.229 e. The molecule has 0 atom stereocenters. The number of sulfone groups is 1. The van der Waals surface area contributed by atoms with Crippen LogP contribution in [0.5, 0.6) is 0 Å². The van der Waals surface area contributed by atoms with E-state index in [1.807, 2.05) is 0 Å². The summed E-state index contributed by atoms with van der Waals surface area (Å²) in [6.45, 7) is 10.7. The average molecular weight is 206 g/mol. The minimum absolute atomic E-state index is 0.0656. The lowest BCUT2D eigenvalue weighted by Gasteiger charge is -2.38. The maximum Gasteiger partial charge on any atom is 0.147 e. The van der Waals surface area contributed by atoms with E-state index >= 15 is 0 Å². The lowest BCUT2D eigenvalue weighted by atomic mass is 9.68. The third kappa shape index (κ3) is 4.65. The van der Waals surface area contributed by atoms with E-state index in [1.54, 1.807) is 0 Å². The van der Waals surface area contributed by atoms with Crippen LogP contribution in [0.15, 0.2) is 0 Å². The molecule has 2 nitrogen and oxygen atoms in total. The van der Waals surface area contributed by atoms with Crippen LogP contribution in [0, 0.1) is 10.8 Å². The summed E-state index contributed by atoms with van der Waals surface area (Å²) in [5.41, 5.74) is 0.216. The van der Waals surface area contributed by atoms with Gasteiger partial charge in [0.05, 0.1) is 5.75 Å². The molecule has 3 heteroatoms. The smallest absolute Gasteiger partial charge is 0.147 e. The molecule has 0 fully saturated rings. The van der Waals surface area contributed by atoms with Gasteiger partial charge in [-0.2, -0.15) is 0 Å². The van der Waals surface area contributed by atoms with Gasteiger partial charge in [-0.25, -0.2) is 8.42 Å². The molecular formula is C10H22O2S. The molecule has 0 saturated heterocycles. The molecule has 80 valence electrons. The van der Waals surface area contributed by atoms with Gasteiger partial charge in [-0.15, -0.1) is 0 Å². The summed E-state index contributed by atoms with van der Waals surface area (Å²) in [5.74, 6) is 0.289. The zero-order valence-corrected chi connectivity index (χ0v) is 10.5. The van der Waals surface area contributed by atoms with E-state index in [0.29, 0.717) is 0 Å². The Morgan fingerprint density at radius 3 is 1.62 bits per heavy atom. The van der Waals surface area contributed by atoms with Crippen molar-refractivity contribution in [1.82, 2.24) is 0 Å². The third-order valence-corrected chi connectivity index (χ3v) is 4.07. The van der Waals surface area contributed by atoms with Crippen molar-refractivity contribution in [3.05, 3.63) is 0 Å². The molecule has 0 spiro atoms. The van der Waals surface area contributed by atoms with Gasteiger partial charge in [0.1, 0.15) is 9.84 Å². The summed E-state index contributed by atoms with van der Waals surface area (Å²) < 4.78 is 22.0. The van der Waals surface area contributed by atoms with Crippen LogP contribution in [0.3, 0.4) is 0 Å². The molecule has 0 N–H and O–H groups in total. The highest BCUT2D eigenvalue weighted by Gasteiger charge is 2.32. The van der Waals surface area contributed by atoms with Crippen molar-refractivity contribution in [3.8, 4) is 0 Å². The molecule has 0 aromatic carbocycles. The van der Waals surface area contributed by atoms with Crippen molar-refractivity contribution in [3.63, 3.8) is 0 Å². The van der Waals surface area contributed by atoms with E-state index < -0.39 is 9.84 Å². The van der Waals surface area contributed by atoms with Crippen LogP contribution in [0.25, 0.3) is 0 Å². The molecule has 0 aromatic heterocycles. The van der Waals surface area contributed by atoms with Crippen molar-refractivity contribution >= 4 is 9.84 Å². The van der Waals surface area contributed by atoms with Gasteiger partial charge >= 0.3 is 0 Å². The molecule has 0 heterocycles. The van der Waals surface area contributed by atoms with Gasteiger partial charge in [-0.3, -0.25) is 0 Å². The quantitative estimate of drug-likeness (QED) is 0.711. The van der Waals surface area contributed by atoms with Gasteiger partial charge in [0.25, 0.3) is 0 Å². The summed E-state index contributed by atoms with van der Waals surface area (Å²) in [6, 6.07) is 0. The van der Waals surface area contributed by atoms with Gasteiger partial charge in [0.15, 0.2) is 0 Å². The molecule has 0 amide bonds. The van der Waals surface area contributed by atoms with Crippen LogP contribution >= 0.6 is 0 Å². The number of rotatable bonds is 3. The first-order valence-electron chi connectivity index (χ1n) is 4.63. The Morgan fingerprint density at radius 1 is 1.00 bits per heavy atom. The van der Waals surface area contributed by atoms with Crippen molar-refractivity contribution in [2.75, 3.05) is 12.0 Å². The second kappa shape index (κ2) is 3.60. The van der Waals surface area contributed by atoms with E-state index in [1.165, 1.54) is 6.26 Å². The maximum atomic E-state index is 11.0. The van der Waals surface area contributed by atoms with Crippen LogP contribution in [0.1, 0.15) is 41.0 Å². The molecule has 0 aliphatic carbocycles. The molecule has 0 aliphatic heterocycles. The van der Waals surface area contributed by atoms with Crippen LogP contribution in [0.4, 0.5) is 0 Å². The Balaban J connectivity index is 4.38. The molecule has 0 saturated carbocycles. The Morgan fingerprint density at radius 2 is 1.38 bits per heavy atom.